The number of amides is 1. The summed E-state index contributed by atoms with van der Waals surface area (Å²) >= 11 is 0. The lowest BCUT2D eigenvalue weighted by Crippen LogP contribution is -2.44. The summed E-state index contributed by atoms with van der Waals surface area (Å²) in [6.07, 6.45) is 2.80. The molecule has 4 rings (SSSR count). The van der Waals surface area contributed by atoms with Gasteiger partial charge in [-0.05, 0) is 6.42 Å². The van der Waals surface area contributed by atoms with E-state index in [0.29, 0.717) is 33.0 Å². The van der Waals surface area contributed by atoms with Crippen molar-refractivity contribution in [2.24, 2.45) is 5.41 Å². The van der Waals surface area contributed by atoms with Crippen LogP contribution in [0.2, 0.25) is 0 Å². The van der Waals surface area contributed by atoms with Crippen LogP contribution >= 0.6 is 0 Å². The molecule has 0 saturated carbocycles. The monoisotopic (exact) mass is 360 g/mol. The van der Waals surface area contributed by atoms with Gasteiger partial charge < -0.3 is 19.3 Å². The SMILES string of the molecule is CC(C)(C)C(=O)N1CC[C@@]2(COCc3cnc(N4CCOCC4)nc32)C1. The van der Waals surface area contributed by atoms with Crippen molar-refractivity contribution in [1.29, 1.82) is 0 Å². The fourth-order valence-electron chi connectivity index (χ4n) is 4.13. The van der Waals surface area contributed by atoms with Crippen LogP contribution in [0.25, 0.3) is 0 Å². The smallest absolute Gasteiger partial charge is 0.227 e. The average molecular weight is 360 g/mol. The summed E-state index contributed by atoms with van der Waals surface area (Å²) in [4.78, 5) is 26.4. The Balaban J connectivity index is 1.63. The van der Waals surface area contributed by atoms with Crippen molar-refractivity contribution in [2.75, 3.05) is 50.9 Å². The van der Waals surface area contributed by atoms with E-state index < -0.39 is 0 Å². The summed E-state index contributed by atoms with van der Waals surface area (Å²) in [5.74, 6) is 0.970. The normalized spacial score (nSPS) is 26.3. The van der Waals surface area contributed by atoms with Gasteiger partial charge in [-0.1, -0.05) is 20.8 Å². The van der Waals surface area contributed by atoms with E-state index >= 15 is 0 Å². The number of carbonyl (C=O) groups is 1. The summed E-state index contributed by atoms with van der Waals surface area (Å²) in [6, 6.07) is 0. The van der Waals surface area contributed by atoms with E-state index in [4.69, 9.17) is 14.5 Å². The first-order chi connectivity index (χ1) is 12.4. The van der Waals surface area contributed by atoms with Crippen LogP contribution in [0.1, 0.15) is 38.4 Å². The Kier molecular flexibility index (Phi) is 4.39. The molecule has 2 fully saturated rings. The van der Waals surface area contributed by atoms with Gasteiger partial charge in [-0.25, -0.2) is 9.97 Å². The van der Waals surface area contributed by atoms with Crippen LogP contribution < -0.4 is 4.90 Å². The molecule has 1 atom stereocenters. The molecule has 0 bridgehead atoms. The molecule has 2 saturated heterocycles. The minimum Gasteiger partial charge on any atom is -0.378 e. The maximum absolute atomic E-state index is 12.7. The zero-order chi connectivity index (χ0) is 18.4. The van der Waals surface area contributed by atoms with Gasteiger partial charge in [-0.3, -0.25) is 4.79 Å². The highest BCUT2D eigenvalue weighted by molar-refractivity contribution is 5.82. The number of aromatic nitrogens is 2. The first kappa shape index (κ1) is 17.7. The van der Waals surface area contributed by atoms with E-state index in [0.717, 1.165) is 43.3 Å². The molecule has 0 radical (unpaired) electrons. The first-order valence-electron chi connectivity index (χ1n) is 9.45. The van der Waals surface area contributed by atoms with Crippen molar-refractivity contribution in [2.45, 2.75) is 39.2 Å². The Morgan fingerprint density at radius 2 is 1.96 bits per heavy atom. The third kappa shape index (κ3) is 3.07. The van der Waals surface area contributed by atoms with E-state index in [1.807, 2.05) is 31.9 Å². The van der Waals surface area contributed by atoms with Gasteiger partial charge in [0.05, 0.1) is 37.5 Å². The zero-order valence-electron chi connectivity index (χ0n) is 16.0. The second-order valence-electron chi connectivity index (χ2n) is 8.64. The average Bonchev–Trinajstić information content (AvgIpc) is 3.06. The molecule has 0 N–H and O–H groups in total. The highest BCUT2D eigenvalue weighted by Gasteiger charge is 2.47. The second-order valence-corrected chi connectivity index (χ2v) is 8.64. The minimum atomic E-state index is -0.367. The van der Waals surface area contributed by atoms with Crippen molar-refractivity contribution in [1.82, 2.24) is 14.9 Å². The number of rotatable bonds is 1. The van der Waals surface area contributed by atoms with Crippen molar-refractivity contribution in [3.05, 3.63) is 17.5 Å². The number of morpholine rings is 1. The number of hydrogen-bond acceptors (Lipinski definition) is 6. The molecule has 0 aromatic carbocycles. The molecular weight excluding hydrogens is 332 g/mol. The van der Waals surface area contributed by atoms with Gasteiger partial charge in [-0.15, -0.1) is 0 Å². The number of nitrogens with zero attached hydrogens (tertiary/aromatic N) is 4. The van der Waals surface area contributed by atoms with Gasteiger partial charge in [-0.2, -0.15) is 0 Å². The Bertz CT molecular complexity index is 697. The molecule has 4 heterocycles. The lowest BCUT2D eigenvalue weighted by molar-refractivity contribution is -0.138. The van der Waals surface area contributed by atoms with Gasteiger partial charge in [0.1, 0.15) is 0 Å². The quantitative estimate of drug-likeness (QED) is 0.753. The van der Waals surface area contributed by atoms with Crippen molar-refractivity contribution >= 4 is 11.9 Å². The third-order valence-electron chi connectivity index (χ3n) is 5.57. The fourth-order valence-corrected chi connectivity index (χ4v) is 4.13. The van der Waals surface area contributed by atoms with Crippen LogP contribution in [-0.2, 0) is 26.3 Å². The minimum absolute atomic E-state index is 0.198. The topological polar surface area (TPSA) is 67.8 Å². The van der Waals surface area contributed by atoms with E-state index in [9.17, 15) is 4.79 Å². The number of carbonyl (C=O) groups excluding carboxylic acids is 1. The molecule has 7 heteroatoms. The molecule has 26 heavy (non-hydrogen) atoms. The molecular formula is C19H28N4O3. The number of ether oxygens (including phenoxy) is 2. The largest absolute Gasteiger partial charge is 0.378 e. The molecule has 0 unspecified atom stereocenters. The van der Waals surface area contributed by atoms with E-state index in [1.165, 1.54) is 0 Å². The predicted molar refractivity (Wildman–Crippen MR) is 97.1 cm³/mol. The molecule has 7 nitrogen and oxygen atoms in total. The zero-order valence-corrected chi connectivity index (χ0v) is 16.0. The van der Waals surface area contributed by atoms with Crippen LogP contribution in [0, 0.1) is 5.41 Å². The Hall–Kier alpha value is -1.73. The molecule has 142 valence electrons. The molecule has 3 aliphatic rings. The molecule has 3 aliphatic heterocycles. The van der Waals surface area contributed by atoms with E-state index in [-0.39, 0.29) is 16.7 Å². The molecule has 1 amide bonds. The molecule has 0 aliphatic carbocycles. The molecule has 1 spiro atoms. The summed E-state index contributed by atoms with van der Waals surface area (Å²) in [5, 5.41) is 0. The lowest BCUT2D eigenvalue weighted by atomic mass is 9.80. The van der Waals surface area contributed by atoms with Crippen molar-refractivity contribution in [3.63, 3.8) is 0 Å². The lowest BCUT2D eigenvalue weighted by Gasteiger charge is -2.36. The summed E-state index contributed by atoms with van der Waals surface area (Å²) in [7, 11) is 0. The highest BCUT2D eigenvalue weighted by Crippen LogP contribution is 2.40. The van der Waals surface area contributed by atoms with Gasteiger partial charge in [0.25, 0.3) is 0 Å². The fraction of sp³-hybridized carbons (Fsp3) is 0.737. The number of anilines is 1. The maximum Gasteiger partial charge on any atom is 0.227 e. The summed E-state index contributed by atoms with van der Waals surface area (Å²) in [6.45, 7) is 11.6. The van der Waals surface area contributed by atoms with E-state index in [2.05, 4.69) is 9.88 Å². The van der Waals surface area contributed by atoms with Crippen LogP contribution in [0.4, 0.5) is 5.95 Å². The van der Waals surface area contributed by atoms with Crippen LogP contribution in [0.15, 0.2) is 6.20 Å². The van der Waals surface area contributed by atoms with Crippen LogP contribution in [-0.4, -0.2) is 66.8 Å². The Morgan fingerprint density at radius 3 is 2.69 bits per heavy atom. The maximum atomic E-state index is 12.7. The summed E-state index contributed by atoms with van der Waals surface area (Å²) in [5.41, 5.74) is 1.55. The predicted octanol–water partition coefficient (Wildman–Crippen LogP) is 1.36. The van der Waals surface area contributed by atoms with Crippen molar-refractivity contribution < 1.29 is 14.3 Å². The van der Waals surface area contributed by atoms with Gasteiger partial charge in [0, 0.05) is 43.4 Å². The third-order valence-corrected chi connectivity index (χ3v) is 5.57. The number of fused-ring (bicyclic) bond motifs is 2. The molecule has 1 aromatic heterocycles. The second kappa shape index (κ2) is 6.46. The number of hydrogen-bond donors (Lipinski definition) is 0. The Morgan fingerprint density at radius 1 is 1.19 bits per heavy atom. The first-order valence-corrected chi connectivity index (χ1v) is 9.45. The number of likely N-dealkylation sites (tertiary alicyclic amines) is 1. The van der Waals surface area contributed by atoms with Crippen molar-refractivity contribution in [3.8, 4) is 0 Å². The standard InChI is InChI=1S/C19H28N4O3/c1-18(2,3)16(24)23-5-4-19(12-23)13-26-11-14-10-20-17(21-15(14)19)22-6-8-25-9-7-22/h10H,4-9,11-13H2,1-3H3/t19-/m0/s1. The highest BCUT2D eigenvalue weighted by atomic mass is 16.5. The molecule has 1 aromatic rings. The van der Waals surface area contributed by atoms with Crippen LogP contribution in [0.3, 0.4) is 0 Å². The van der Waals surface area contributed by atoms with Gasteiger partial charge in [0.2, 0.25) is 11.9 Å². The summed E-state index contributed by atoms with van der Waals surface area (Å²) < 4.78 is 11.3. The van der Waals surface area contributed by atoms with E-state index in [1.54, 1.807) is 0 Å². The van der Waals surface area contributed by atoms with Gasteiger partial charge >= 0.3 is 0 Å². The van der Waals surface area contributed by atoms with Gasteiger partial charge in [0.15, 0.2) is 0 Å². The van der Waals surface area contributed by atoms with Crippen LogP contribution in [0.5, 0.6) is 0 Å². The Labute approximate surface area is 154 Å².